The van der Waals surface area contributed by atoms with E-state index >= 15 is 0 Å². The summed E-state index contributed by atoms with van der Waals surface area (Å²) in [5.41, 5.74) is 3.80. The van der Waals surface area contributed by atoms with Crippen LogP contribution >= 0.6 is 0 Å². The molecule has 0 aromatic heterocycles. The smallest absolute Gasteiger partial charge is 0.418 e. The van der Waals surface area contributed by atoms with E-state index in [1.807, 2.05) is 0 Å². The van der Waals surface area contributed by atoms with Crippen molar-refractivity contribution in [2.24, 2.45) is 0 Å². The number of benzene rings is 1. The fourth-order valence-electron chi connectivity index (χ4n) is 1.74. The summed E-state index contributed by atoms with van der Waals surface area (Å²) in [6.45, 7) is 5.08. The molecule has 0 aliphatic carbocycles. The third-order valence-corrected chi connectivity index (χ3v) is 2.80. The number of hydrogen-bond donors (Lipinski definition) is 2. The van der Waals surface area contributed by atoms with Crippen LogP contribution in [-0.4, -0.2) is 21.6 Å². The fourth-order valence-corrected chi connectivity index (χ4v) is 1.74. The zero-order valence-corrected chi connectivity index (χ0v) is 11.5. The number of carboxylic acid groups (broad SMARTS) is 1. The lowest BCUT2D eigenvalue weighted by Crippen LogP contribution is -2.44. The average Bonchev–Trinajstić information content (AvgIpc) is 2.22. The highest BCUT2D eigenvalue weighted by atomic mass is 19.4. The highest BCUT2D eigenvalue weighted by Crippen LogP contribution is 2.34. The van der Waals surface area contributed by atoms with Crippen molar-refractivity contribution in [3.8, 4) is 0 Å². The van der Waals surface area contributed by atoms with Crippen LogP contribution in [0.1, 0.15) is 31.9 Å². The van der Waals surface area contributed by atoms with E-state index in [0.717, 1.165) is 17.0 Å². The Balaban J connectivity index is 3.05. The van der Waals surface area contributed by atoms with Crippen LogP contribution in [0.15, 0.2) is 18.2 Å². The molecule has 0 aliphatic rings. The standard InChI is InChI=1S/C13H17F3N2O2/c1-12(2,3)18(11(19)20)7-8-4-5-9(10(17)6-8)13(14,15)16/h4-6H,7,17H2,1-3H3,(H,19,20). The predicted molar refractivity (Wildman–Crippen MR) is 69.2 cm³/mol. The van der Waals surface area contributed by atoms with Crippen LogP contribution in [0.5, 0.6) is 0 Å². The zero-order chi connectivity index (χ0) is 15.7. The first-order valence-electron chi connectivity index (χ1n) is 5.89. The minimum atomic E-state index is -4.51. The van der Waals surface area contributed by atoms with E-state index < -0.39 is 29.1 Å². The number of nitrogens with two attached hydrogens (primary N) is 1. The molecule has 1 aromatic rings. The summed E-state index contributed by atoms with van der Waals surface area (Å²) in [5.74, 6) is 0. The van der Waals surface area contributed by atoms with E-state index in [1.54, 1.807) is 20.8 Å². The van der Waals surface area contributed by atoms with E-state index in [-0.39, 0.29) is 6.54 Å². The number of alkyl halides is 3. The van der Waals surface area contributed by atoms with Gasteiger partial charge in [-0.1, -0.05) is 6.07 Å². The maximum Gasteiger partial charge on any atom is 0.418 e. The molecule has 0 saturated carbocycles. The summed E-state index contributed by atoms with van der Waals surface area (Å²) < 4.78 is 37.7. The summed E-state index contributed by atoms with van der Waals surface area (Å²) in [5, 5.41) is 9.14. The molecule has 1 amide bonds. The van der Waals surface area contributed by atoms with Crippen molar-refractivity contribution in [1.82, 2.24) is 4.90 Å². The average molecular weight is 290 g/mol. The van der Waals surface area contributed by atoms with Gasteiger partial charge < -0.3 is 10.8 Å². The van der Waals surface area contributed by atoms with Gasteiger partial charge in [-0.3, -0.25) is 4.90 Å². The maximum atomic E-state index is 12.6. The fraction of sp³-hybridized carbons (Fsp3) is 0.462. The van der Waals surface area contributed by atoms with Crippen LogP contribution in [0.4, 0.5) is 23.7 Å². The van der Waals surface area contributed by atoms with Crippen molar-refractivity contribution >= 4 is 11.8 Å². The van der Waals surface area contributed by atoms with Crippen LogP contribution in [-0.2, 0) is 12.7 Å². The lowest BCUT2D eigenvalue weighted by molar-refractivity contribution is -0.136. The zero-order valence-electron chi connectivity index (χ0n) is 11.5. The lowest BCUT2D eigenvalue weighted by Gasteiger charge is -2.33. The Morgan fingerprint density at radius 1 is 1.30 bits per heavy atom. The molecule has 0 saturated heterocycles. The largest absolute Gasteiger partial charge is 0.465 e. The quantitative estimate of drug-likeness (QED) is 0.818. The number of halogens is 3. The van der Waals surface area contributed by atoms with Gasteiger partial charge in [0.15, 0.2) is 0 Å². The molecule has 0 aliphatic heterocycles. The summed E-state index contributed by atoms with van der Waals surface area (Å²) in [7, 11) is 0. The van der Waals surface area contributed by atoms with Crippen molar-refractivity contribution in [1.29, 1.82) is 0 Å². The molecular weight excluding hydrogens is 273 g/mol. The predicted octanol–water partition coefficient (Wildman–Crippen LogP) is 3.57. The van der Waals surface area contributed by atoms with Crippen LogP contribution in [0, 0.1) is 0 Å². The molecule has 112 valence electrons. The molecule has 0 fully saturated rings. The van der Waals surface area contributed by atoms with Crippen molar-refractivity contribution in [2.75, 3.05) is 5.73 Å². The SMILES string of the molecule is CC(C)(C)N(Cc1ccc(C(F)(F)F)c(N)c1)C(=O)O. The van der Waals surface area contributed by atoms with Crippen LogP contribution < -0.4 is 5.73 Å². The summed E-state index contributed by atoms with van der Waals surface area (Å²) >= 11 is 0. The van der Waals surface area contributed by atoms with E-state index in [4.69, 9.17) is 10.8 Å². The molecule has 4 nitrogen and oxygen atoms in total. The number of rotatable bonds is 2. The molecule has 3 N–H and O–H groups in total. The summed E-state index contributed by atoms with van der Waals surface area (Å²) in [4.78, 5) is 12.3. The second kappa shape index (κ2) is 5.22. The Morgan fingerprint density at radius 2 is 1.85 bits per heavy atom. The number of anilines is 1. The molecule has 0 bridgehead atoms. The molecule has 0 unspecified atom stereocenters. The summed E-state index contributed by atoms with van der Waals surface area (Å²) in [6, 6.07) is 3.26. The van der Waals surface area contributed by atoms with Crippen LogP contribution in [0.25, 0.3) is 0 Å². The van der Waals surface area contributed by atoms with Gasteiger partial charge in [-0.2, -0.15) is 13.2 Å². The molecule has 1 aromatic carbocycles. The lowest BCUT2D eigenvalue weighted by atomic mass is 10.0. The van der Waals surface area contributed by atoms with Crippen molar-refractivity contribution in [3.63, 3.8) is 0 Å². The third kappa shape index (κ3) is 3.79. The first kappa shape index (κ1) is 16.1. The Bertz CT molecular complexity index is 507. The van der Waals surface area contributed by atoms with Gasteiger partial charge in [-0.15, -0.1) is 0 Å². The van der Waals surface area contributed by atoms with Crippen molar-refractivity contribution in [3.05, 3.63) is 29.3 Å². The van der Waals surface area contributed by atoms with Gasteiger partial charge in [-0.05, 0) is 38.5 Å². The van der Waals surface area contributed by atoms with Crippen molar-refractivity contribution < 1.29 is 23.1 Å². The number of hydrogen-bond acceptors (Lipinski definition) is 2. The second-order valence-corrected chi connectivity index (χ2v) is 5.46. The first-order valence-corrected chi connectivity index (χ1v) is 5.89. The summed E-state index contributed by atoms with van der Waals surface area (Å²) in [6.07, 6.45) is -5.66. The third-order valence-electron chi connectivity index (χ3n) is 2.80. The Labute approximate surface area is 115 Å². The first-order chi connectivity index (χ1) is 8.93. The monoisotopic (exact) mass is 290 g/mol. The van der Waals surface area contributed by atoms with E-state index in [9.17, 15) is 18.0 Å². The van der Waals surface area contributed by atoms with Gasteiger partial charge in [0.2, 0.25) is 0 Å². The topological polar surface area (TPSA) is 66.6 Å². The number of carbonyl (C=O) groups is 1. The number of nitrogen functional groups attached to an aromatic ring is 1. The number of amides is 1. The minimum Gasteiger partial charge on any atom is -0.465 e. The van der Waals surface area contributed by atoms with Crippen LogP contribution in [0.2, 0.25) is 0 Å². The highest BCUT2D eigenvalue weighted by Gasteiger charge is 2.33. The Kier molecular flexibility index (Phi) is 4.21. The van der Waals surface area contributed by atoms with Gasteiger partial charge in [-0.25, -0.2) is 4.79 Å². The molecule has 0 atom stereocenters. The van der Waals surface area contributed by atoms with Gasteiger partial charge in [0.25, 0.3) is 0 Å². The van der Waals surface area contributed by atoms with Gasteiger partial charge in [0.05, 0.1) is 5.56 Å². The second-order valence-electron chi connectivity index (χ2n) is 5.46. The van der Waals surface area contributed by atoms with E-state index in [2.05, 4.69) is 0 Å². The number of nitrogens with zero attached hydrogens (tertiary/aromatic N) is 1. The molecule has 1 rings (SSSR count). The Hall–Kier alpha value is -1.92. The Morgan fingerprint density at radius 3 is 2.20 bits per heavy atom. The molecule has 20 heavy (non-hydrogen) atoms. The van der Waals surface area contributed by atoms with Gasteiger partial charge in [0.1, 0.15) is 0 Å². The van der Waals surface area contributed by atoms with Crippen LogP contribution in [0.3, 0.4) is 0 Å². The van der Waals surface area contributed by atoms with Crippen molar-refractivity contribution in [2.45, 2.75) is 39.0 Å². The molecule has 0 spiro atoms. The maximum absolute atomic E-state index is 12.6. The minimum absolute atomic E-state index is 0.0266. The normalized spacial score (nSPS) is 12.3. The molecule has 0 heterocycles. The van der Waals surface area contributed by atoms with E-state index in [1.165, 1.54) is 6.07 Å². The highest BCUT2D eigenvalue weighted by molar-refractivity contribution is 5.66. The van der Waals surface area contributed by atoms with Gasteiger partial charge >= 0.3 is 12.3 Å². The molecule has 0 radical (unpaired) electrons. The van der Waals surface area contributed by atoms with Gasteiger partial charge in [0, 0.05) is 17.8 Å². The molecule has 7 heteroatoms. The molecular formula is C13H17F3N2O2. The van der Waals surface area contributed by atoms with E-state index in [0.29, 0.717) is 5.56 Å².